The van der Waals surface area contributed by atoms with Crippen LogP contribution in [0.25, 0.3) is 11.1 Å². The largest absolute Gasteiger partial charge is 0.375 e. The van der Waals surface area contributed by atoms with Gasteiger partial charge in [0.2, 0.25) is 0 Å². The molecule has 3 aromatic rings. The fourth-order valence-electron chi connectivity index (χ4n) is 2.78. The molecule has 3 nitrogen and oxygen atoms in total. The lowest BCUT2D eigenvalue weighted by Gasteiger charge is -2.08. The first kappa shape index (κ1) is 17.9. The van der Waals surface area contributed by atoms with Gasteiger partial charge in [-0.3, -0.25) is 0 Å². The fourth-order valence-corrected chi connectivity index (χ4v) is 2.78. The van der Waals surface area contributed by atoms with E-state index in [1.807, 2.05) is 42.5 Å². The van der Waals surface area contributed by atoms with Gasteiger partial charge in [-0.25, -0.2) is 0 Å². The number of hydrogen-bond acceptors (Lipinski definition) is 3. The summed E-state index contributed by atoms with van der Waals surface area (Å²) in [5, 5.41) is 12.6. The zero-order chi connectivity index (χ0) is 18.0. The molecule has 3 heteroatoms. The van der Waals surface area contributed by atoms with Gasteiger partial charge < -0.3 is 10.1 Å². The van der Waals surface area contributed by atoms with Crippen LogP contribution in [0.15, 0.2) is 78.9 Å². The molecule has 0 aromatic heterocycles. The van der Waals surface area contributed by atoms with E-state index in [1.165, 1.54) is 11.1 Å². The topological polar surface area (TPSA) is 45.0 Å². The van der Waals surface area contributed by atoms with Crippen molar-refractivity contribution in [3.63, 3.8) is 0 Å². The summed E-state index contributed by atoms with van der Waals surface area (Å²) in [6, 6.07) is 28.5. The van der Waals surface area contributed by atoms with Gasteiger partial charge in [-0.05, 0) is 28.3 Å². The minimum Gasteiger partial charge on any atom is -0.375 e. The number of ether oxygens (including phenoxy) is 1. The van der Waals surface area contributed by atoms with Crippen LogP contribution >= 0.6 is 0 Å². The maximum absolute atomic E-state index is 9.22. The van der Waals surface area contributed by atoms with Crippen LogP contribution in [-0.2, 0) is 17.9 Å². The van der Waals surface area contributed by atoms with Gasteiger partial charge in [0.25, 0.3) is 0 Å². The minimum absolute atomic E-state index is 0.648. The van der Waals surface area contributed by atoms with Gasteiger partial charge in [0.05, 0.1) is 24.8 Å². The number of benzene rings is 3. The van der Waals surface area contributed by atoms with E-state index in [0.717, 1.165) is 24.2 Å². The van der Waals surface area contributed by atoms with Gasteiger partial charge in [-0.2, -0.15) is 5.26 Å². The van der Waals surface area contributed by atoms with Crippen LogP contribution in [0.3, 0.4) is 0 Å². The monoisotopic (exact) mass is 342 g/mol. The van der Waals surface area contributed by atoms with E-state index in [0.29, 0.717) is 18.8 Å². The molecule has 3 aromatic carbocycles. The Morgan fingerprint density at radius 3 is 2.31 bits per heavy atom. The van der Waals surface area contributed by atoms with Gasteiger partial charge in [0.15, 0.2) is 0 Å². The number of rotatable bonds is 8. The second kappa shape index (κ2) is 9.53. The van der Waals surface area contributed by atoms with Crippen LogP contribution in [0.5, 0.6) is 0 Å². The van der Waals surface area contributed by atoms with E-state index >= 15 is 0 Å². The molecule has 0 aliphatic heterocycles. The summed E-state index contributed by atoms with van der Waals surface area (Å²) in [6.45, 7) is 2.94. The Kier molecular flexibility index (Phi) is 6.55. The molecule has 0 spiro atoms. The first-order valence-corrected chi connectivity index (χ1v) is 8.77. The molecule has 0 atom stereocenters. The number of nitrogens with zero attached hydrogens (tertiary/aromatic N) is 1. The Morgan fingerprint density at radius 1 is 0.808 bits per heavy atom. The maximum Gasteiger partial charge on any atom is 0.0998 e. The van der Waals surface area contributed by atoms with E-state index in [-0.39, 0.29) is 0 Å². The van der Waals surface area contributed by atoms with Crippen molar-refractivity contribution < 1.29 is 4.74 Å². The molecule has 0 saturated heterocycles. The molecule has 0 bridgehead atoms. The summed E-state index contributed by atoms with van der Waals surface area (Å²) in [5.74, 6) is 0. The summed E-state index contributed by atoms with van der Waals surface area (Å²) < 4.78 is 5.67. The maximum atomic E-state index is 9.22. The fraction of sp³-hybridized carbons (Fsp3) is 0.174. The van der Waals surface area contributed by atoms with Crippen molar-refractivity contribution in [3.05, 3.63) is 95.6 Å². The van der Waals surface area contributed by atoms with Crippen molar-refractivity contribution in [3.8, 4) is 17.2 Å². The van der Waals surface area contributed by atoms with E-state index in [1.54, 1.807) is 0 Å². The number of hydrogen-bond donors (Lipinski definition) is 1. The van der Waals surface area contributed by atoms with Crippen LogP contribution in [0.4, 0.5) is 0 Å². The highest BCUT2D eigenvalue weighted by atomic mass is 16.5. The predicted molar refractivity (Wildman–Crippen MR) is 104 cm³/mol. The van der Waals surface area contributed by atoms with E-state index < -0.39 is 0 Å². The first-order valence-electron chi connectivity index (χ1n) is 8.77. The molecular weight excluding hydrogens is 320 g/mol. The highest BCUT2D eigenvalue weighted by Gasteiger charge is 2.03. The smallest absolute Gasteiger partial charge is 0.0998 e. The Hall–Kier alpha value is -2.93. The quantitative estimate of drug-likeness (QED) is 0.612. The Morgan fingerprint density at radius 2 is 1.54 bits per heavy atom. The molecule has 0 aliphatic carbocycles. The van der Waals surface area contributed by atoms with Crippen molar-refractivity contribution in [2.75, 3.05) is 13.2 Å². The zero-order valence-electron chi connectivity index (χ0n) is 14.7. The van der Waals surface area contributed by atoms with Crippen LogP contribution in [-0.4, -0.2) is 13.2 Å². The SMILES string of the molecule is N#Cc1ccccc1-c1ccc(CNCCOCc2ccccc2)cc1. The molecular formula is C23H22N2O. The van der Waals surface area contributed by atoms with Gasteiger partial charge in [-0.1, -0.05) is 72.8 Å². The average molecular weight is 342 g/mol. The third kappa shape index (κ3) is 5.03. The molecule has 0 aliphatic rings. The molecule has 130 valence electrons. The molecule has 0 heterocycles. The van der Waals surface area contributed by atoms with Crippen LogP contribution < -0.4 is 5.32 Å². The summed E-state index contributed by atoms with van der Waals surface area (Å²) in [5.41, 5.74) is 5.15. The summed E-state index contributed by atoms with van der Waals surface area (Å²) in [7, 11) is 0. The molecule has 1 N–H and O–H groups in total. The van der Waals surface area contributed by atoms with Crippen molar-refractivity contribution in [1.82, 2.24) is 5.32 Å². The molecule has 0 unspecified atom stereocenters. The molecule has 0 radical (unpaired) electrons. The van der Waals surface area contributed by atoms with Gasteiger partial charge in [0.1, 0.15) is 0 Å². The normalized spacial score (nSPS) is 10.4. The van der Waals surface area contributed by atoms with E-state index in [9.17, 15) is 5.26 Å². The highest BCUT2D eigenvalue weighted by molar-refractivity contribution is 5.70. The number of nitrogens with one attached hydrogen (secondary N) is 1. The molecule has 26 heavy (non-hydrogen) atoms. The van der Waals surface area contributed by atoms with Crippen molar-refractivity contribution >= 4 is 0 Å². The first-order chi connectivity index (χ1) is 12.9. The van der Waals surface area contributed by atoms with Gasteiger partial charge in [0, 0.05) is 13.1 Å². The molecule has 0 saturated carbocycles. The van der Waals surface area contributed by atoms with E-state index in [2.05, 4.69) is 47.8 Å². The summed E-state index contributed by atoms with van der Waals surface area (Å²) in [6.07, 6.45) is 0. The Balaban J connectivity index is 1.43. The second-order valence-corrected chi connectivity index (χ2v) is 6.07. The summed E-state index contributed by atoms with van der Waals surface area (Å²) >= 11 is 0. The average Bonchev–Trinajstić information content (AvgIpc) is 2.72. The standard InChI is InChI=1S/C23H22N2O/c24-16-22-8-4-5-9-23(22)21-12-10-19(11-13-21)17-25-14-15-26-18-20-6-2-1-3-7-20/h1-13,25H,14-15,17-18H2. The van der Waals surface area contributed by atoms with Crippen LogP contribution in [0.2, 0.25) is 0 Å². The second-order valence-electron chi connectivity index (χ2n) is 6.07. The van der Waals surface area contributed by atoms with Crippen LogP contribution in [0, 0.1) is 11.3 Å². The minimum atomic E-state index is 0.648. The van der Waals surface area contributed by atoms with Gasteiger partial charge in [-0.15, -0.1) is 0 Å². The van der Waals surface area contributed by atoms with E-state index in [4.69, 9.17) is 4.74 Å². The Bertz CT molecular complexity index is 851. The summed E-state index contributed by atoms with van der Waals surface area (Å²) in [4.78, 5) is 0. The van der Waals surface area contributed by atoms with Crippen LogP contribution in [0.1, 0.15) is 16.7 Å². The third-order valence-corrected chi connectivity index (χ3v) is 4.18. The van der Waals surface area contributed by atoms with Gasteiger partial charge >= 0.3 is 0 Å². The molecule has 0 fully saturated rings. The molecule has 0 amide bonds. The lowest BCUT2D eigenvalue weighted by molar-refractivity contribution is 0.122. The lowest BCUT2D eigenvalue weighted by atomic mass is 9.99. The predicted octanol–water partition coefficient (Wildman–Crippen LogP) is 4.53. The molecule has 3 rings (SSSR count). The third-order valence-electron chi connectivity index (χ3n) is 4.18. The zero-order valence-corrected chi connectivity index (χ0v) is 14.7. The lowest BCUT2D eigenvalue weighted by Crippen LogP contribution is -2.19. The van der Waals surface area contributed by atoms with Crippen molar-refractivity contribution in [1.29, 1.82) is 5.26 Å². The van der Waals surface area contributed by atoms with Crippen molar-refractivity contribution in [2.45, 2.75) is 13.2 Å². The number of nitriles is 1. The van der Waals surface area contributed by atoms with Crippen molar-refractivity contribution in [2.24, 2.45) is 0 Å². The Labute approximate surface area is 154 Å². The highest BCUT2D eigenvalue weighted by Crippen LogP contribution is 2.23.